The van der Waals surface area contributed by atoms with Crippen LogP contribution in [-0.4, -0.2) is 25.0 Å². The fraction of sp³-hybridized carbons (Fsp3) is 0.750. The van der Waals surface area contributed by atoms with Gasteiger partial charge >= 0.3 is 6.03 Å². The molecule has 5 heteroatoms. The lowest BCUT2D eigenvalue weighted by Gasteiger charge is -2.03. The fourth-order valence-electron chi connectivity index (χ4n) is 0.625. The summed E-state index contributed by atoms with van der Waals surface area (Å²) in [5.74, 6) is 0. The summed E-state index contributed by atoms with van der Waals surface area (Å²) in [7, 11) is 0. The Balaban J connectivity index is 2.39. The first kappa shape index (κ1) is 6.25. The SMILES string of the molecule is O=C1NCC(C(F)F)N1. The third-order valence-corrected chi connectivity index (χ3v) is 1.10. The summed E-state index contributed by atoms with van der Waals surface area (Å²) in [4.78, 5) is 10.2. The van der Waals surface area contributed by atoms with Gasteiger partial charge in [-0.05, 0) is 0 Å². The molecule has 2 N–H and O–H groups in total. The van der Waals surface area contributed by atoms with E-state index in [1.54, 1.807) is 0 Å². The maximum absolute atomic E-state index is 11.7. The summed E-state index contributed by atoms with van der Waals surface area (Å²) in [6, 6.07) is -1.52. The number of carbonyl (C=O) groups excluding carboxylic acids is 1. The Morgan fingerprint density at radius 1 is 1.67 bits per heavy atom. The summed E-state index contributed by atoms with van der Waals surface area (Å²) in [5, 5.41) is 4.27. The zero-order valence-electron chi connectivity index (χ0n) is 4.53. The smallest absolute Gasteiger partial charge is 0.315 e. The minimum Gasteiger partial charge on any atom is -0.336 e. The van der Waals surface area contributed by atoms with Gasteiger partial charge in [-0.15, -0.1) is 0 Å². The topological polar surface area (TPSA) is 41.1 Å². The third kappa shape index (κ3) is 1.28. The summed E-state index contributed by atoms with van der Waals surface area (Å²) in [6.45, 7) is 0.0243. The van der Waals surface area contributed by atoms with E-state index in [1.165, 1.54) is 0 Å². The zero-order chi connectivity index (χ0) is 6.85. The molecule has 1 heterocycles. The molecule has 0 radical (unpaired) electrons. The van der Waals surface area contributed by atoms with E-state index < -0.39 is 18.5 Å². The molecule has 1 unspecified atom stereocenters. The predicted octanol–water partition coefficient (Wildman–Crippen LogP) is -0.0671. The Labute approximate surface area is 50.4 Å². The number of urea groups is 1. The number of nitrogens with one attached hydrogen (secondary N) is 2. The Morgan fingerprint density at radius 2 is 2.33 bits per heavy atom. The van der Waals surface area contributed by atoms with Crippen molar-refractivity contribution in [2.75, 3.05) is 6.54 Å². The average Bonchev–Trinajstić information content (AvgIpc) is 2.14. The largest absolute Gasteiger partial charge is 0.336 e. The van der Waals surface area contributed by atoms with Crippen LogP contribution in [0.1, 0.15) is 0 Å². The van der Waals surface area contributed by atoms with Crippen molar-refractivity contribution >= 4 is 6.03 Å². The van der Waals surface area contributed by atoms with Crippen molar-refractivity contribution in [1.82, 2.24) is 10.6 Å². The van der Waals surface area contributed by atoms with E-state index in [2.05, 4.69) is 10.6 Å². The van der Waals surface area contributed by atoms with Gasteiger partial charge in [-0.3, -0.25) is 0 Å². The van der Waals surface area contributed by atoms with Crippen LogP contribution in [-0.2, 0) is 0 Å². The zero-order valence-corrected chi connectivity index (χ0v) is 4.53. The van der Waals surface area contributed by atoms with Crippen LogP contribution in [0.4, 0.5) is 13.6 Å². The average molecular weight is 136 g/mol. The highest BCUT2D eigenvalue weighted by Crippen LogP contribution is 2.02. The van der Waals surface area contributed by atoms with Crippen LogP contribution in [0.3, 0.4) is 0 Å². The highest BCUT2D eigenvalue weighted by molar-refractivity contribution is 5.76. The molecule has 9 heavy (non-hydrogen) atoms. The van der Waals surface area contributed by atoms with Gasteiger partial charge in [-0.2, -0.15) is 0 Å². The van der Waals surface area contributed by atoms with Gasteiger partial charge in [0.05, 0.1) is 0 Å². The van der Waals surface area contributed by atoms with Gasteiger partial charge in [0, 0.05) is 6.54 Å². The first-order valence-electron chi connectivity index (χ1n) is 2.52. The molecule has 0 aliphatic carbocycles. The quantitative estimate of drug-likeness (QED) is 0.520. The monoisotopic (exact) mass is 136 g/mol. The van der Waals surface area contributed by atoms with Gasteiger partial charge < -0.3 is 10.6 Å². The second-order valence-corrected chi connectivity index (χ2v) is 1.80. The van der Waals surface area contributed by atoms with Gasteiger partial charge in [-0.25, -0.2) is 13.6 Å². The molecule has 1 atom stereocenters. The fourth-order valence-corrected chi connectivity index (χ4v) is 0.625. The summed E-state index contributed by atoms with van der Waals surface area (Å²) in [5.41, 5.74) is 0. The van der Waals surface area contributed by atoms with E-state index in [0.717, 1.165) is 0 Å². The van der Waals surface area contributed by atoms with Gasteiger partial charge in [0.25, 0.3) is 6.43 Å². The molecule has 0 aromatic heterocycles. The van der Waals surface area contributed by atoms with Crippen molar-refractivity contribution in [3.05, 3.63) is 0 Å². The lowest BCUT2D eigenvalue weighted by Crippen LogP contribution is -2.32. The lowest BCUT2D eigenvalue weighted by molar-refractivity contribution is 0.113. The number of alkyl halides is 2. The molecule has 0 bridgehead atoms. The number of amides is 2. The van der Waals surface area contributed by atoms with Crippen LogP contribution < -0.4 is 10.6 Å². The summed E-state index contributed by atoms with van der Waals surface area (Å²) >= 11 is 0. The predicted molar refractivity (Wildman–Crippen MR) is 26.3 cm³/mol. The number of rotatable bonds is 1. The lowest BCUT2D eigenvalue weighted by atomic mass is 10.3. The molecule has 2 amide bonds. The Bertz CT molecular complexity index is 128. The van der Waals surface area contributed by atoms with Crippen LogP contribution in [0.25, 0.3) is 0 Å². The second kappa shape index (κ2) is 2.16. The highest BCUT2D eigenvalue weighted by Gasteiger charge is 2.27. The summed E-state index contributed by atoms with van der Waals surface area (Å²) < 4.78 is 23.3. The molecule has 52 valence electrons. The number of carbonyl (C=O) groups is 1. The molecule has 1 aliphatic rings. The van der Waals surface area contributed by atoms with Crippen molar-refractivity contribution in [2.24, 2.45) is 0 Å². The maximum Gasteiger partial charge on any atom is 0.315 e. The molecule has 1 rings (SSSR count). The van der Waals surface area contributed by atoms with Crippen molar-refractivity contribution in [2.45, 2.75) is 12.5 Å². The Morgan fingerprint density at radius 3 is 2.56 bits per heavy atom. The maximum atomic E-state index is 11.7. The second-order valence-electron chi connectivity index (χ2n) is 1.80. The van der Waals surface area contributed by atoms with E-state index in [1.807, 2.05) is 0 Å². The Kier molecular flexibility index (Phi) is 1.50. The van der Waals surface area contributed by atoms with Crippen molar-refractivity contribution in [3.8, 4) is 0 Å². The first-order valence-corrected chi connectivity index (χ1v) is 2.52. The van der Waals surface area contributed by atoms with Crippen LogP contribution in [0.15, 0.2) is 0 Å². The molecule has 0 aromatic rings. The third-order valence-electron chi connectivity index (χ3n) is 1.10. The van der Waals surface area contributed by atoms with Crippen LogP contribution in [0.2, 0.25) is 0 Å². The number of hydrogen-bond acceptors (Lipinski definition) is 1. The number of halogens is 2. The Hall–Kier alpha value is -0.870. The van der Waals surface area contributed by atoms with E-state index in [9.17, 15) is 13.6 Å². The molecule has 0 spiro atoms. The van der Waals surface area contributed by atoms with Gasteiger partial charge in [0.1, 0.15) is 6.04 Å². The molecule has 1 fully saturated rings. The number of hydrogen-bond donors (Lipinski definition) is 2. The van der Waals surface area contributed by atoms with Gasteiger partial charge in [0.15, 0.2) is 0 Å². The van der Waals surface area contributed by atoms with Gasteiger partial charge in [0.2, 0.25) is 0 Å². The van der Waals surface area contributed by atoms with Crippen LogP contribution in [0, 0.1) is 0 Å². The highest BCUT2D eigenvalue weighted by atomic mass is 19.3. The molecule has 0 saturated carbocycles. The molecule has 3 nitrogen and oxygen atoms in total. The van der Waals surface area contributed by atoms with Crippen LogP contribution >= 0.6 is 0 Å². The molecular formula is C4H6F2N2O. The molecule has 1 saturated heterocycles. The minimum absolute atomic E-state index is 0.0243. The van der Waals surface area contributed by atoms with Crippen LogP contribution in [0.5, 0.6) is 0 Å². The molecule has 1 aliphatic heterocycles. The van der Waals surface area contributed by atoms with Crippen molar-refractivity contribution in [1.29, 1.82) is 0 Å². The van der Waals surface area contributed by atoms with Crippen molar-refractivity contribution in [3.63, 3.8) is 0 Å². The minimum atomic E-state index is -2.47. The first-order chi connectivity index (χ1) is 4.20. The molecule has 0 aromatic carbocycles. The van der Waals surface area contributed by atoms with E-state index in [-0.39, 0.29) is 6.54 Å². The van der Waals surface area contributed by atoms with E-state index >= 15 is 0 Å². The van der Waals surface area contributed by atoms with Gasteiger partial charge in [-0.1, -0.05) is 0 Å². The van der Waals surface area contributed by atoms with Crippen molar-refractivity contribution < 1.29 is 13.6 Å². The van der Waals surface area contributed by atoms with E-state index in [0.29, 0.717) is 0 Å². The standard InChI is InChI=1S/C4H6F2N2O/c5-3(6)2-1-7-4(9)8-2/h2-3H,1H2,(H2,7,8,9). The molecular weight excluding hydrogens is 130 g/mol. The van der Waals surface area contributed by atoms with E-state index in [4.69, 9.17) is 0 Å². The normalized spacial score (nSPS) is 26.1. The summed E-state index contributed by atoms with van der Waals surface area (Å²) in [6.07, 6.45) is -2.47.